The lowest BCUT2D eigenvalue weighted by atomic mass is 10.0. The monoisotopic (exact) mass is 365 g/mol. The number of fused-ring (bicyclic) bond motifs is 7. The van der Waals surface area contributed by atoms with Crippen LogP contribution in [0.3, 0.4) is 0 Å². The maximum atomic E-state index is 4.53. The number of benzene rings is 3. The highest BCUT2D eigenvalue weighted by Gasteiger charge is 2.18. The number of aromatic nitrogens is 3. The van der Waals surface area contributed by atoms with Crippen molar-refractivity contribution in [2.45, 2.75) is 6.92 Å². The van der Waals surface area contributed by atoms with Gasteiger partial charge in [0.25, 0.3) is 0 Å². The molecule has 128 valence electrons. The van der Waals surface area contributed by atoms with Crippen LogP contribution in [0.2, 0.25) is 0 Å². The third kappa shape index (κ3) is 2.02. The highest BCUT2D eigenvalue weighted by atomic mass is 32.1. The molecule has 0 aliphatic carbocycles. The Kier molecular flexibility index (Phi) is 2.96. The number of thiophene rings is 1. The van der Waals surface area contributed by atoms with Gasteiger partial charge in [0.1, 0.15) is 0 Å². The lowest BCUT2D eigenvalue weighted by Crippen LogP contribution is -1.99. The van der Waals surface area contributed by atoms with Crippen LogP contribution < -0.4 is 0 Å². The molecule has 3 heterocycles. The van der Waals surface area contributed by atoms with Crippen molar-refractivity contribution >= 4 is 53.3 Å². The summed E-state index contributed by atoms with van der Waals surface area (Å²) >= 11 is 1.85. The standard InChI is InChI=1S/C23H15N3S/c1-14-7-8-17-16(13-14)21-18(26(17)23-24-11-4-12-25-23)9-10-20-22(21)15-5-2-3-6-19(15)27-20/h2-13H,1H3. The van der Waals surface area contributed by atoms with Crippen LogP contribution in [-0.2, 0) is 0 Å². The zero-order chi connectivity index (χ0) is 18.0. The van der Waals surface area contributed by atoms with E-state index < -0.39 is 0 Å². The number of rotatable bonds is 1. The molecule has 0 aliphatic rings. The van der Waals surface area contributed by atoms with Crippen LogP contribution in [0, 0.1) is 6.92 Å². The van der Waals surface area contributed by atoms with E-state index in [0.29, 0.717) is 5.95 Å². The van der Waals surface area contributed by atoms with Crippen molar-refractivity contribution in [1.82, 2.24) is 14.5 Å². The van der Waals surface area contributed by atoms with Crippen molar-refractivity contribution < 1.29 is 0 Å². The SMILES string of the molecule is Cc1ccc2c(c1)c1c3c(ccc1n2-c1ncccn1)sc1ccccc13. The van der Waals surface area contributed by atoms with E-state index in [1.54, 1.807) is 12.4 Å². The van der Waals surface area contributed by atoms with Gasteiger partial charge in [-0.25, -0.2) is 9.97 Å². The largest absolute Gasteiger partial charge is 0.278 e. The Morgan fingerprint density at radius 2 is 1.56 bits per heavy atom. The third-order valence-corrected chi connectivity index (χ3v) is 6.31. The molecule has 3 aromatic carbocycles. The van der Waals surface area contributed by atoms with Crippen molar-refractivity contribution in [3.05, 3.63) is 78.6 Å². The molecular weight excluding hydrogens is 350 g/mol. The van der Waals surface area contributed by atoms with Crippen LogP contribution in [-0.4, -0.2) is 14.5 Å². The molecule has 0 radical (unpaired) electrons. The summed E-state index contributed by atoms with van der Waals surface area (Å²) in [6.45, 7) is 2.15. The maximum absolute atomic E-state index is 4.53. The molecule has 0 saturated carbocycles. The first kappa shape index (κ1) is 14.9. The number of nitrogens with zero attached hydrogens (tertiary/aromatic N) is 3. The molecule has 0 aliphatic heterocycles. The maximum Gasteiger partial charge on any atom is 0.234 e. The molecule has 6 rings (SSSR count). The molecule has 0 N–H and O–H groups in total. The van der Waals surface area contributed by atoms with E-state index in [4.69, 9.17) is 0 Å². The minimum atomic E-state index is 0.709. The topological polar surface area (TPSA) is 30.7 Å². The van der Waals surface area contributed by atoms with E-state index in [1.165, 1.54) is 36.5 Å². The van der Waals surface area contributed by atoms with Gasteiger partial charge in [0, 0.05) is 43.3 Å². The summed E-state index contributed by atoms with van der Waals surface area (Å²) in [4.78, 5) is 9.06. The Hall–Kier alpha value is -3.24. The van der Waals surface area contributed by atoms with Gasteiger partial charge in [-0.1, -0.05) is 29.8 Å². The third-order valence-electron chi connectivity index (χ3n) is 5.18. The van der Waals surface area contributed by atoms with Crippen LogP contribution in [0.25, 0.3) is 47.9 Å². The summed E-state index contributed by atoms with van der Waals surface area (Å²) in [5, 5.41) is 5.19. The summed E-state index contributed by atoms with van der Waals surface area (Å²) in [5.41, 5.74) is 3.55. The lowest BCUT2D eigenvalue weighted by molar-refractivity contribution is 0.988. The van der Waals surface area contributed by atoms with E-state index in [-0.39, 0.29) is 0 Å². The second-order valence-electron chi connectivity index (χ2n) is 6.84. The predicted molar refractivity (Wildman–Crippen MR) is 114 cm³/mol. The minimum absolute atomic E-state index is 0.709. The predicted octanol–water partition coefficient (Wildman–Crippen LogP) is 6.25. The fourth-order valence-electron chi connectivity index (χ4n) is 4.06. The Labute approximate surface area is 159 Å². The summed E-state index contributed by atoms with van der Waals surface area (Å²) in [5.74, 6) is 0.709. The molecule has 0 bridgehead atoms. The Bertz CT molecular complexity index is 1480. The second kappa shape index (κ2) is 5.38. The fraction of sp³-hybridized carbons (Fsp3) is 0.0435. The normalized spacial score (nSPS) is 11.9. The molecule has 6 aromatic rings. The van der Waals surface area contributed by atoms with Gasteiger partial charge in [-0.3, -0.25) is 4.57 Å². The highest BCUT2D eigenvalue weighted by molar-refractivity contribution is 7.26. The van der Waals surface area contributed by atoms with Gasteiger partial charge in [0.05, 0.1) is 11.0 Å². The van der Waals surface area contributed by atoms with Crippen LogP contribution in [0.5, 0.6) is 0 Å². The first-order chi connectivity index (χ1) is 13.3. The molecule has 3 aromatic heterocycles. The molecule has 0 unspecified atom stereocenters. The first-order valence-electron chi connectivity index (χ1n) is 8.94. The fourth-order valence-corrected chi connectivity index (χ4v) is 5.18. The van der Waals surface area contributed by atoms with Crippen molar-refractivity contribution in [2.75, 3.05) is 0 Å². The first-order valence-corrected chi connectivity index (χ1v) is 9.75. The van der Waals surface area contributed by atoms with Gasteiger partial charge in [-0.15, -0.1) is 11.3 Å². The average Bonchev–Trinajstić information content (AvgIpc) is 3.23. The summed E-state index contributed by atoms with van der Waals surface area (Å²) in [6.07, 6.45) is 3.60. The van der Waals surface area contributed by atoms with Gasteiger partial charge in [-0.05, 0) is 43.3 Å². The van der Waals surface area contributed by atoms with Gasteiger partial charge in [-0.2, -0.15) is 0 Å². The summed E-state index contributed by atoms with van der Waals surface area (Å²) in [7, 11) is 0. The molecule has 0 amide bonds. The van der Waals surface area contributed by atoms with E-state index in [2.05, 4.69) is 76.1 Å². The summed E-state index contributed by atoms with van der Waals surface area (Å²) < 4.78 is 4.82. The van der Waals surface area contributed by atoms with Crippen molar-refractivity contribution in [2.24, 2.45) is 0 Å². The van der Waals surface area contributed by atoms with E-state index >= 15 is 0 Å². The molecule has 27 heavy (non-hydrogen) atoms. The Balaban J connectivity index is 1.93. The van der Waals surface area contributed by atoms with Crippen LogP contribution >= 0.6 is 11.3 Å². The molecule has 4 heteroatoms. The van der Waals surface area contributed by atoms with E-state index in [9.17, 15) is 0 Å². The summed E-state index contributed by atoms with van der Waals surface area (Å²) in [6, 6.07) is 21.6. The van der Waals surface area contributed by atoms with Gasteiger partial charge in [0.2, 0.25) is 5.95 Å². The van der Waals surface area contributed by atoms with Gasteiger partial charge < -0.3 is 0 Å². The van der Waals surface area contributed by atoms with E-state index in [1.807, 2.05) is 17.4 Å². The number of aryl methyl sites for hydroxylation is 1. The molecule has 0 fully saturated rings. The minimum Gasteiger partial charge on any atom is -0.278 e. The Morgan fingerprint density at radius 3 is 2.44 bits per heavy atom. The Morgan fingerprint density at radius 1 is 0.741 bits per heavy atom. The number of hydrogen-bond acceptors (Lipinski definition) is 3. The molecule has 0 atom stereocenters. The zero-order valence-corrected chi connectivity index (χ0v) is 15.5. The van der Waals surface area contributed by atoms with Gasteiger partial charge in [0.15, 0.2) is 0 Å². The number of hydrogen-bond donors (Lipinski definition) is 0. The smallest absolute Gasteiger partial charge is 0.234 e. The molecular formula is C23H15N3S. The van der Waals surface area contributed by atoms with E-state index in [0.717, 1.165) is 11.0 Å². The van der Waals surface area contributed by atoms with Crippen LogP contribution in [0.15, 0.2) is 73.1 Å². The van der Waals surface area contributed by atoms with Crippen LogP contribution in [0.1, 0.15) is 5.56 Å². The molecule has 0 spiro atoms. The van der Waals surface area contributed by atoms with Crippen LogP contribution in [0.4, 0.5) is 0 Å². The average molecular weight is 365 g/mol. The second-order valence-corrected chi connectivity index (χ2v) is 7.92. The van der Waals surface area contributed by atoms with Crippen molar-refractivity contribution in [3.63, 3.8) is 0 Å². The molecule has 0 saturated heterocycles. The quantitative estimate of drug-likeness (QED) is 0.345. The van der Waals surface area contributed by atoms with Crippen molar-refractivity contribution in [3.8, 4) is 5.95 Å². The molecule has 3 nitrogen and oxygen atoms in total. The van der Waals surface area contributed by atoms with Crippen molar-refractivity contribution in [1.29, 1.82) is 0 Å². The highest BCUT2D eigenvalue weighted by Crippen LogP contribution is 2.42. The van der Waals surface area contributed by atoms with Gasteiger partial charge >= 0.3 is 0 Å². The zero-order valence-electron chi connectivity index (χ0n) is 14.7. The lowest BCUT2D eigenvalue weighted by Gasteiger charge is -2.05.